The van der Waals surface area contributed by atoms with Gasteiger partial charge in [-0.25, -0.2) is 4.98 Å². The number of aromatic nitrogens is 3. The molecule has 0 aliphatic rings. The number of hydrogen-bond acceptors (Lipinski definition) is 8. The Hall–Kier alpha value is -2.06. The topological polar surface area (TPSA) is 70.3 Å². The van der Waals surface area contributed by atoms with Crippen LogP contribution in [0, 0.1) is 13.8 Å². The zero-order valence-corrected chi connectivity index (χ0v) is 15.2. The summed E-state index contributed by atoms with van der Waals surface area (Å²) in [7, 11) is 1.64. The van der Waals surface area contributed by atoms with E-state index in [9.17, 15) is 0 Å². The number of hydrogen-bond donors (Lipinski definition) is 0. The van der Waals surface area contributed by atoms with Crippen LogP contribution in [0.5, 0.6) is 11.5 Å². The molecule has 0 spiro atoms. The molecule has 0 atom stereocenters. The first-order chi connectivity index (χ1) is 11.7. The Labute approximate surface area is 148 Å². The summed E-state index contributed by atoms with van der Waals surface area (Å²) >= 11 is 3.03. The lowest BCUT2D eigenvalue weighted by atomic mass is 10.3. The maximum absolute atomic E-state index is 5.69. The Balaban J connectivity index is 1.49. The number of thiazole rings is 1. The monoisotopic (exact) mass is 363 g/mol. The molecule has 1 aromatic carbocycles. The summed E-state index contributed by atoms with van der Waals surface area (Å²) in [6.45, 7) is 4.45. The summed E-state index contributed by atoms with van der Waals surface area (Å²) in [6.07, 6.45) is 0. The van der Waals surface area contributed by atoms with E-state index in [1.54, 1.807) is 18.4 Å². The van der Waals surface area contributed by atoms with Crippen molar-refractivity contribution in [2.75, 3.05) is 19.5 Å². The first-order valence-electron chi connectivity index (χ1n) is 7.33. The Kier molecular flexibility index (Phi) is 5.37. The van der Waals surface area contributed by atoms with Gasteiger partial charge in [0.1, 0.15) is 16.4 Å². The quantitative estimate of drug-likeness (QED) is 0.464. The number of nitrogens with zero attached hydrogens (tertiary/aromatic N) is 3. The highest BCUT2D eigenvalue weighted by Gasteiger charge is 2.15. The molecule has 0 N–H and O–H groups in total. The van der Waals surface area contributed by atoms with Crippen molar-refractivity contribution in [2.24, 2.45) is 0 Å². The van der Waals surface area contributed by atoms with Crippen LogP contribution < -0.4 is 9.47 Å². The van der Waals surface area contributed by atoms with Crippen LogP contribution in [-0.2, 0) is 0 Å². The smallest absolute Gasteiger partial charge is 0.277 e. The summed E-state index contributed by atoms with van der Waals surface area (Å²) in [4.78, 5) is 5.30. The number of thioether (sulfide) groups is 1. The molecule has 24 heavy (non-hydrogen) atoms. The van der Waals surface area contributed by atoms with Crippen molar-refractivity contribution in [3.8, 4) is 22.3 Å². The second-order valence-corrected chi connectivity index (χ2v) is 7.14. The third-order valence-electron chi connectivity index (χ3n) is 3.14. The molecule has 3 rings (SSSR count). The minimum atomic E-state index is 0.525. The average molecular weight is 363 g/mol. The lowest BCUT2D eigenvalue weighted by Gasteiger charge is -2.05. The van der Waals surface area contributed by atoms with Gasteiger partial charge in [-0.1, -0.05) is 11.8 Å². The summed E-state index contributed by atoms with van der Waals surface area (Å²) in [5.74, 6) is 2.85. The van der Waals surface area contributed by atoms with Gasteiger partial charge in [-0.3, -0.25) is 0 Å². The number of methoxy groups -OCH3 is 1. The van der Waals surface area contributed by atoms with Crippen LogP contribution in [0.4, 0.5) is 0 Å². The predicted molar refractivity (Wildman–Crippen MR) is 94.1 cm³/mol. The van der Waals surface area contributed by atoms with Crippen molar-refractivity contribution in [3.05, 3.63) is 35.0 Å². The van der Waals surface area contributed by atoms with Crippen molar-refractivity contribution < 1.29 is 13.9 Å². The molecule has 126 valence electrons. The molecule has 0 amide bonds. The number of ether oxygens (including phenoxy) is 2. The molecule has 3 aromatic rings. The lowest BCUT2D eigenvalue weighted by Crippen LogP contribution is -1.99. The third kappa shape index (κ3) is 4.07. The fourth-order valence-corrected chi connectivity index (χ4v) is 3.47. The summed E-state index contributed by atoms with van der Waals surface area (Å²) < 4.78 is 16.5. The van der Waals surface area contributed by atoms with Gasteiger partial charge in [-0.05, 0) is 38.1 Å². The van der Waals surface area contributed by atoms with Gasteiger partial charge >= 0.3 is 0 Å². The van der Waals surface area contributed by atoms with Gasteiger partial charge in [0.15, 0.2) is 0 Å². The number of aryl methyl sites for hydroxylation is 2. The highest BCUT2D eigenvalue weighted by atomic mass is 32.2. The first-order valence-corrected chi connectivity index (χ1v) is 9.13. The molecule has 2 heterocycles. The fourth-order valence-electron chi connectivity index (χ4n) is 2.05. The Morgan fingerprint density at radius 2 is 1.88 bits per heavy atom. The molecule has 0 aliphatic carbocycles. The summed E-state index contributed by atoms with van der Waals surface area (Å²) in [5.41, 5.74) is 0.917. The van der Waals surface area contributed by atoms with E-state index in [1.807, 2.05) is 38.1 Å². The van der Waals surface area contributed by atoms with E-state index in [2.05, 4.69) is 15.2 Å². The zero-order valence-electron chi connectivity index (χ0n) is 13.6. The number of benzene rings is 1. The molecule has 0 radical (unpaired) electrons. The molecular formula is C16H17N3O3S2. The van der Waals surface area contributed by atoms with E-state index in [0.717, 1.165) is 27.1 Å². The van der Waals surface area contributed by atoms with E-state index in [1.165, 1.54) is 11.8 Å². The molecule has 6 nitrogen and oxygen atoms in total. The van der Waals surface area contributed by atoms with Gasteiger partial charge in [-0.2, -0.15) is 0 Å². The molecule has 2 aromatic heterocycles. The molecule has 0 saturated heterocycles. The van der Waals surface area contributed by atoms with Crippen LogP contribution in [0.15, 0.2) is 33.9 Å². The van der Waals surface area contributed by atoms with Crippen molar-refractivity contribution in [1.29, 1.82) is 0 Å². The molecule has 0 saturated carbocycles. The van der Waals surface area contributed by atoms with E-state index in [0.29, 0.717) is 23.5 Å². The van der Waals surface area contributed by atoms with Gasteiger partial charge in [-0.15, -0.1) is 21.5 Å². The van der Waals surface area contributed by atoms with Gasteiger partial charge in [0.05, 0.1) is 24.4 Å². The average Bonchev–Trinajstić information content (AvgIpc) is 3.18. The van der Waals surface area contributed by atoms with E-state index < -0.39 is 0 Å². The minimum absolute atomic E-state index is 0.525. The largest absolute Gasteiger partial charge is 0.497 e. The highest BCUT2D eigenvalue weighted by molar-refractivity contribution is 7.99. The Bertz CT molecular complexity index is 799. The van der Waals surface area contributed by atoms with Crippen LogP contribution in [0.3, 0.4) is 0 Å². The minimum Gasteiger partial charge on any atom is -0.497 e. The van der Waals surface area contributed by atoms with Crippen molar-refractivity contribution in [1.82, 2.24) is 15.2 Å². The standard InChI is InChI=1S/C16H17N3O3S2/c1-10-14(24-11(2)17-10)15-18-19-16(22-15)23-9-8-21-13-6-4-12(20-3)5-7-13/h4-7H,8-9H2,1-3H3. The highest BCUT2D eigenvalue weighted by Crippen LogP contribution is 2.30. The molecule has 0 unspecified atom stereocenters. The SMILES string of the molecule is COc1ccc(OCCSc2nnc(-c3sc(C)nc3C)o2)cc1. The third-order valence-corrected chi connectivity index (χ3v) is 4.98. The second-order valence-electron chi connectivity index (χ2n) is 4.89. The summed E-state index contributed by atoms with van der Waals surface area (Å²) in [5, 5.41) is 9.68. The predicted octanol–water partition coefficient (Wildman–Crippen LogP) is 3.99. The lowest BCUT2D eigenvalue weighted by molar-refractivity contribution is 0.342. The van der Waals surface area contributed by atoms with Crippen LogP contribution in [-0.4, -0.2) is 34.7 Å². The molecule has 0 aliphatic heterocycles. The molecule has 8 heteroatoms. The molecule has 0 bridgehead atoms. The number of rotatable bonds is 7. The van der Waals surface area contributed by atoms with Crippen LogP contribution in [0.2, 0.25) is 0 Å². The van der Waals surface area contributed by atoms with Crippen LogP contribution in [0.25, 0.3) is 10.8 Å². The maximum Gasteiger partial charge on any atom is 0.277 e. The zero-order chi connectivity index (χ0) is 16.9. The van der Waals surface area contributed by atoms with Crippen molar-refractivity contribution in [2.45, 2.75) is 19.1 Å². The van der Waals surface area contributed by atoms with Crippen molar-refractivity contribution >= 4 is 23.1 Å². The van der Waals surface area contributed by atoms with Gasteiger partial charge in [0.2, 0.25) is 0 Å². The van der Waals surface area contributed by atoms with Gasteiger partial charge < -0.3 is 13.9 Å². The molecular weight excluding hydrogens is 346 g/mol. The Morgan fingerprint density at radius 1 is 1.12 bits per heavy atom. The van der Waals surface area contributed by atoms with Crippen LogP contribution >= 0.6 is 23.1 Å². The Morgan fingerprint density at radius 3 is 2.54 bits per heavy atom. The van der Waals surface area contributed by atoms with E-state index >= 15 is 0 Å². The first kappa shape index (κ1) is 16.8. The molecule has 0 fully saturated rings. The van der Waals surface area contributed by atoms with Crippen molar-refractivity contribution in [3.63, 3.8) is 0 Å². The normalized spacial score (nSPS) is 10.8. The van der Waals surface area contributed by atoms with E-state index in [-0.39, 0.29) is 0 Å². The van der Waals surface area contributed by atoms with Gasteiger partial charge in [0.25, 0.3) is 11.1 Å². The van der Waals surface area contributed by atoms with Crippen LogP contribution in [0.1, 0.15) is 10.7 Å². The van der Waals surface area contributed by atoms with Gasteiger partial charge in [0, 0.05) is 5.75 Å². The maximum atomic E-state index is 5.69. The van der Waals surface area contributed by atoms with E-state index in [4.69, 9.17) is 13.9 Å². The second kappa shape index (κ2) is 7.67. The summed E-state index contributed by atoms with van der Waals surface area (Å²) in [6, 6.07) is 7.49. The fraction of sp³-hybridized carbons (Fsp3) is 0.312.